The number of esters is 2. The average molecular weight is 651 g/mol. The maximum absolute atomic E-state index is 12.5. The molecular weight excluding hydrogens is 576 g/mol. The first-order valence-electron chi connectivity index (χ1n) is 18.8. The van der Waals surface area contributed by atoms with Crippen molar-refractivity contribution in [2.75, 3.05) is 39.4 Å². The Morgan fingerprint density at radius 3 is 1.17 bits per heavy atom. The molecule has 2 fully saturated rings. The third-order valence-electron chi connectivity index (χ3n) is 9.74. The summed E-state index contributed by atoms with van der Waals surface area (Å²) >= 11 is 0. The lowest BCUT2D eigenvalue weighted by molar-refractivity contribution is -0.145. The maximum atomic E-state index is 12.5. The van der Waals surface area contributed by atoms with Crippen LogP contribution in [0.25, 0.3) is 0 Å². The second kappa shape index (κ2) is 19.1. The molecule has 0 aromatic rings. The van der Waals surface area contributed by atoms with Crippen molar-refractivity contribution in [3.8, 4) is 0 Å². The van der Waals surface area contributed by atoms with Gasteiger partial charge >= 0.3 is 11.9 Å². The van der Waals surface area contributed by atoms with Gasteiger partial charge in [0.2, 0.25) is 0 Å². The average Bonchev–Trinajstić information content (AvgIpc) is 2.90. The lowest BCUT2D eigenvalue weighted by Gasteiger charge is -2.50. The second-order valence-corrected chi connectivity index (χ2v) is 17.0. The lowest BCUT2D eigenvalue weighted by Crippen LogP contribution is -2.62. The Balaban J connectivity index is 1.95. The van der Waals surface area contributed by atoms with Gasteiger partial charge in [-0.05, 0) is 120 Å². The van der Waals surface area contributed by atoms with Crippen LogP contribution in [-0.4, -0.2) is 95.4 Å². The minimum Gasteiger partial charge on any atom is -0.466 e. The third-order valence-corrected chi connectivity index (χ3v) is 9.74. The van der Waals surface area contributed by atoms with Crippen molar-refractivity contribution in [1.82, 2.24) is 20.4 Å². The van der Waals surface area contributed by atoms with E-state index >= 15 is 0 Å². The van der Waals surface area contributed by atoms with Crippen molar-refractivity contribution in [3.63, 3.8) is 0 Å². The Kier molecular flexibility index (Phi) is 17.0. The Bertz CT molecular complexity index is 799. The van der Waals surface area contributed by atoms with E-state index < -0.39 is 0 Å². The van der Waals surface area contributed by atoms with Crippen molar-refractivity contribution in [2.45, 2.75) is 193 Å². The fourth-order valence-corrected chi connectivity index (χ4v) is 8.27. The highest BCUT2D eigenvalue weighted by molar-refractivity contribution is 5.69. The van der Waals surface area contributed by atoms with Gasteiger partial charge in [0.1, 0.15) is 0 Å². The quantitative estimate of drug-likeness (QED) is 0.0995. The normalized spacial score (nSPS) is 21.0. The van der Waals surface area contributed by atoms with Gasteiger partial charge in [-0.2, -0.15) is 0 Å². The largest absolute Gasteiger partial charge is 0.466 e. The number of nitrogens with zero attached hydrogens (tertiary/aromatic N) is 2. The molecule has 0 saturated carbocycles. The Morgan fingerprint density at radius 1 is 0.543 bits per heavy atom. The maximum Gasteiger partial charge on any atom is 0.307 e. The first-order chi connectivity index (χ1) is 21.5. The molecule has 0 bridgehead atoms. The molecule has 8 heteroatoms. The van der Waals surface area contributed by atoms with Crippen molar-refractivity contribution in [2.24, 2.45) is 0 Å². The number of nitrogens with one attached hydrogen (secondary N) is 2. The number of unbranched alkanes of at least 4 members (excludes halogenated alkanes) is 5. The van der Waals surface area contributed by atoms with Gasteiger partial charge in [-0.15, -0.1) is 0 Å². The lowest BCUT2D eigenvalue weighted by atomic mass is 9.79. The summed E-state index contributed by atoms with van der Waals surface area (Å²) in [7, 11) is 0. The molecule has 0 aromatic carbocycles. The van der Waals surface area contributed by atoms with E-state index in [0.29, 0.717) is 38.1 Å². The molecule has 2 rings (SSSR count). The van der Waals surface area contributed by atoms with Crippen LogP contribution in [0.15, 0.2) is 0 Å². The molecule has 0 radical (unpaired) electrons. The van der Waals surface area contributed by atoms with Gasteiger partial charge in [0.05, 0.1) is 26.1 Å². The highest BCUT2D eigenvalue weighted by atomic mass is 16.5. The Labute approximate surface area is 283 Å². The molecular formula is C38H74N4O4. The topological polar surface area (TPSA) is 83.1 Å². The van der Waals surface area contributed by atoms with Crippen molar-refractivity contribution >= 4 is 11.9 Å². The summed E-state index contributed by atoms with van der Waals surface area (Å²) in [6.07, 6.45) is 13.8. The molecule has 0 aliphatic carbocycles. The van der Waals surface area contributed by atoms with Gasteiger partial charge in [0.15, 0.2) is 0 Å². The van der Waals surface area contributed by atoms with Crippen LogP contribution in [0.2, 0.25) is 0 Å². The van der Waals surface area contributed by atoms with Crippen LogP contribution in [0, 0.1) is 0 Å². The van der Waals surface area contributed by atoms with Crippen molar-refractivity contribution < 1.29 is 19.1 Å². The molecule has 0 aromatic heterocycles. The first-order valence-corrected chi connectivity index (χ1v) is 18.8. The van der Waals surface area contributed by atoms with E-state index in [4.69, 9.17) is 9.47 Å². The van der Waals surface area contributed by atoms with E-state index in [9.17, 15) is 9.59 Å². The second-order valence-electron chi connectivity index (χ2n) is 17.0. The number of ether oxygens (including phenoxy) is 2. The minimum absolute atomic E-state index is 0.0653. The molecule has 2 heterocycles. The number of hydrogen-bond donors (Lipinski definition) is 2. The predicted octanol–water partition coefficient (Wildman–Crippen LogP) is 7.24. The smallest absolute Gasteiger partial charge is 0.307 e. The van der Waals surface area contributed by atoms with E-state index in [-0.39, 0.29) is 34.1 Å². The summed E-state index contributed by atoms with van der Waals surface area (Å²) in [5.74, 6) is -0.131. The molecule has 270 valence electrons. The SMILES string of the molecule is CCCCOC(=O)CCN(CCCCCCN(CCC(=O)OCCCC)C1CC(C)(C)NC(C)(C)C1)C1CC(C)(C)NC(C)(C)C1. The van der Waals surface area contributed by atoms with Gasteiger partial charge in [-0.3, -0.25) is 19.4 Å². The van der Waals surface area contributed by atoms with Crippen LogP contribution in [0.3, 0.4) is 0 Å². The molecule has 2 aliphatic rings. The zero-order chi connectivity index (χ0) is 34.4. The molecule has 0 unspecified atom stereocenters. The predicted molar refractivity (Wildman–Crippen MR) is 191 cm³/mol. The van der Waals surface area contributed by atoms with Crippen LogP contribution in [0.4, 0.5) is 0 Å². The van der Waals surface area contributed by atoms with Crippen molar-refractivity contribution in [3.05, 3.63) is 0 Å². The molecule has 0 spiro atoms. The molecule has 2 N–H and O–H groups in total. The number of carbonyl (C=O) groups excluding carboxylic acids is 2. The molecule has 46 heavy (non-hydrogen) atoms. The summed E-state index contributed by atoms with van der Waals surface area (Å²) in [6, 6.07) is 0.905. The van der Waals surface area contributed by atoms with Gasteiger partial charge < -0.3 is 20.1 Å². The highest BCUT2D eigenvalue weighted by Gasteiger charge is 2.41. The van der Waals surface area contributed by atoms with Crippen LogP contribution in [0.1, 0.15) is 159 Å². The van der Waals surface area contributed by atoms with E-state index in [1.807, 2.05) is 0 Å². The Hall–Kier alpha value is -1.22. The number of carbonyl (C=O) groups is 2. The van der Waals surface area contributed by atoms with E-state index in [2.05, 4.69) is 89.7 Å². The molecule has 0 amide bonds. The van der Waals surface area contributed by atoms with Gasteiger partial charge in [0.25, 0.3) is 0 Å². The zero-order valence-corrected chi connectivity index (χ0v) is 31.8. The minimum atomic E-state index is -0.0653. The summed E-state index contributed by atoms with van der Waals surface area (Å²) in [6.45, 7) is 27.3. The fraction of sp³-hybridized carbons (Fsp3) is 0.947. The Morgan fingerprint density at radius 2 is 0.870 bits per heavy atom. The molecule has 0 atom stereocenters. The molecule has 2 aliphatic heterocycles. The summed E-state index contributed by atoms with van der Waals surface area (Å²) in [5, 5.41) is 7.64. The van der Waals surface area contributed by atoms with Gasteiger partial charge in [-0.1, -0.05) is 39.5 Å². The summed E-state index contributed by atoms with van der Waals surface area (Å²) < 4.78 is 11.0. The van der Waals surface area contributed by atoms with E-state index in [1.165, 1.54) is 12.8 Å². The van der Waals surface area contributed by atoms with Gasteiger partial charge in [-0.25, -0.2) is 0 Å². The summed E-state index contributed by atoms with van der Waals surface area (Å²) in [5.41, 5.74) is 0.262. The third kappa shape index (κ3) is 16.3. The van der Waals surface area contributed by atoms with Gasteiger partial charge in [0, 0.05) is 47.3 Å². The number of piperidine rings is 2. The fourth-order valence-electron chi connectivity index (χ4n) is 8.27. The van der Waals surface area contributed by atoms with E-state index in [1.54, 1.807) is 0 Å². The van der Waals surface area contributed by atoms with Crippen molar-refractivity contribution in [1.29, 1.82) is 0 Å². The number of hydrogen-bond acceptors (Lipinski definition) is 8. The van der Waals surface area contributed by atoms with Crippen LogP contribution in [-0.2, 0) is 19.1 Å². The number of rotatable bonds is 21. The first kappa shape index (κ1) is 41.0. The highest BCUT2D eigenvalue weighted by Crippen LogP contribution is 2.33. The zero-order valence-electron chi connectivity index (χ0n) is 31.8. The van der Waals surface area contributed by atoms with Crippen LogP contribution >= 0.6 is 0 Å². The van der Waals surface area contributed by atoms with Crippen LogP contribution < -0.4 is 10.6 Å². The summed E-state index contributed by atoms with van der Waals surface area (Å²) in [4.78, 5) is 30.2. The monoisotopic (exact) mass is 651 g/mol. The molecule has 8 nitrogen and oxygen atoms in total. The van der Waals surface area contributed by atoms with E-state index in [0.717, 1.165) is 90.4 Å². The standard InChI is InChI=1S/C38H74N4O4/c1-11-13-25-45-33(43)19-23-41(31-27-35(3,4)39-36(5,6)28-31)21-17-15-16-18-22-42(24-20-34(44)46-26-14-12-2)32-29-37(7,8)40-38(9,10)30-32/h31-32,39-40H,11-30H2,1-10H3. The van der Waals surface area contributed by atoms with Crippen LogP contribution in [0.5, 0.6) is 0 Å². The molecule has 2 saturated heterocycles.